The molecule has 2 heterocycles. The predicted molar refractivity (Wildman–Crippen MR) is 158 cm³/mol. The summed E-state index contributed by atoms with van der Waals surface area (Å²) in [7, 11) is 0. The zero-order valence-corrected chi connectivity index (χ0v) is 24.5. The molecule has 0 unspecified atom stereocenters. The zero-order valence-electron chi connectivity index (χ0n) is 24.5. The van der Waals surface area contributed by atoms with Crippen molar-refractivity contribution in [1.29, 1.82) is 0 Å². The molecule has 3 aromatic rings. The van der Waals surface area contributed by atoms with Crippen LogP contribution in [0.25, 0.3) is 5.69 Å². The SMILES string of the molecule is CC[C@@H](C=O)NC(=O)[C@@H]1C[C@@H](OCc2ccccc2)CN1C(=O)[C@@H](NC(=O)c1cnn(-c2ccccc2)c1C)C(C)C. The summed E-state index contributed by atoms with van der Waals surface area (Å²) in [6.07, 6.45) is 2.50. The van der Waals surface area contributed by atoms with Crippen LogP contribution in [-0.4, -0.2) is 69.5 Å². The zero-order chi connectivity index (χ0) is 30.2. The molecule has 3 amide bonds. The summed E-state index contributed by atoms with van der Waals surface area (Å²) in [5.41, 5.74) is 2.79. The smallest absolute Gasteiger partial charge is 0.255 e. The van der Waals surface area contributed by atoms with E-state index >= 15 is 0 Å². The third kappa shape index (κ3) is 7.12. The molecule has 0 bridgehead atoms. The summed E-state index contributed by atoms with van der Waals surface area (Å²) in [5, 5.41) is 10.0. The lowest BCUT2D eigenvalue weighted by Gasteiger charge is -2.30. The summed E-state index contributed by atoms with van der Waals surface area (Å²) >= 11 is 0. The lowest BCUT2D eigenvalue weighted by atomic mass is 10.0. The molecule has 10 heteroatoms. The molecule has 10 nitrogen and oxygen atoms in total. The highest BCUT2D eigenvalue weighted by Gasteiger charge is 2.43. The van der Waals surface area contributed by atoms with Gasteiger partial charge in [-0.05, 0) is 37.0 Å². The standard InChI is InChI=1S/C32H39N5O5/c1-5-24(19-38)34-31(40)28-16-26(42-20-23-12-8-6-9-13-23)18-36(28)32(41)29(21(2)3)35-30(39)27-17-33-37(22(27)4)25-14-10-7-11-15-25/h6-15,17,19,21,24,26,28-29H,5,16,18,20H2,1-4H3,(H,34,40)(H,35,39)/t24-,26+,28-,29-/m0/s1. The number of nitrogens with one attached hydrogen (secondary N) is 2. The number of hydrogen-bond acceptors (Lipinski definition) is 6. The molecule has 0 spiro atoms. The lowest BCUT2D eigenvalue weighted by molar-refractivity contribution is -0.141. The van der Waals surface area contributed by atoms with E-state index < -0.39 is 36.0 Å². The molecule has 2 N–H and O–H groups in total. The fraction of sp³-hybridized carbons (Fsp3) is 0.406. The van der Waals surface area contributed by atoms with Gasteiger partial charge in [0.15, 0.2) is 0 Å². The highest BCUT2D eigenvalue weighted by atomic mass is 16.5. The van der Waals surface area contributed by atoms with Gasteiger partial charge < -0.3 is 25.1 Å². The average molecular weight is 574 g/mol. The fourth-order valence-corrected chi connectivity index (χ4v) is 5.08. The van der Waals surface area contributed by atoms with E-state index in [1.807, 2.05) is 74.5 Å². The number of likely N-dealkylation sites (tertiary alicyclic amines) is 1. The maximum atomic E-state index is 14.0. The summed E-state index contributed by atoms with van der Waals surface area (Å²) in [6.45, 7) is 7.81. The molecular weight excluding hydrogens is 534 g/mol. The van der Waals surface area contributed by atoms with Gasteiger partial charge in [0.25, 0.3) is 5.91 Å². The van der Waals surface area contributed by atoms with Crippen LogP contribution >= 0.6 is 0 Å². The van der Waals surface area contributed by atoms with Crippen molar-refractivity contribution in [3.63, 3.8) is 0 Å². The number of rotatable bonds is 12. The van der Waals surface area contributed by atoms with E-state index in [1.54, 1.807) is 18.5 Å². The van der Waals surface area contributed by atoms with Crippen molar-refractivity contribution in [2.75, 3.05) is 6.54 Å². The second-order valence-corrected chi connectivity index (χ2v) is 10.9. The van der Waals surface area contributed by atoms with Crippen LogP contribution in [0.5, 0.6) is 0 Å². The van der Waals surface area contributed by atoms with Gasteiger partial charge >= 0.3 is 0 Å². The maximum Gasteiger partial charge on any atom is 0.255 e. The Morgan fingerprint density at radius 1 is 1.05 bits per heavy atom. The Balaban J connectivity index is 1.53. The molecule has 1 fully saturated rings. The lowest BCUT2D eigenvalue weighted by Crippen LogP contribution is -2.56. The molecule has 1 aliphatic heterocycles. The molecule has 1 aromatic heterocycles. The molecule has 0 aliphatic carbocycles. The minimum atomic E-state index is -0.895. The summed E-state index contributed by atoms with van der Waals surface area (Å²) in [5.74, 6) is -1.48. The number of amides is 3. The second kappa shape index (κ2) is 14.0. The van der Waals surface area contributed by atoms with E-state index in [0.717, 1.165) is 11.3 Å². The monoisotopic (exact) mass is 573 g/mol. The van der Waals surface area contributed by atoms with Gasteiger partial charge in [0, 0.05) is 13.0 Å². The van der Waals surface area contributed by atoms with Gasteiger partial charge in [0.05, 0.1) is 41.9 Å². The van der Waals surface area contributed by atoms with Crippen LogP contribution < -0.4 is 10.6 Å². The van der Waals surface area contributed by atoms with E-state index in [2.05, 4.69) is 15.7 Å². The van der Waals surface area contributed by atoms with Gasteiger partial charge in [-0.3, -0.25) is 14.4 Å². The Hall–Kier alpha value is -4.31. The molecule has 4 rings (SSSR count). The first-order chi connectivity index (χ1) is 20.2. The fourth-order valence-electron chi connectivity index (χ4n) is 5.08. The topological polar surface area (TPSA) is 123 Å². The molecule has 0 radical (unpaired) electrons. The molecule has 4 atom stereocenters. The maximum absolute atomic E-state index is 14.0. The third-order valence-corrected chi connectivity index (χ3v) is 7.58. The van der Waals surface area contributed by atoms with Gasteiger partial charge in [-0.1, -0.05) is 69.3 Å². The van der Waals surface area contributed by atoms with E-state index in [9.17, 15) is 19.2 Å². The normalized spacial score (nSPS) is 18.0. The van der Waals surface area contributed by atoms with Crippen LogP contribution in [0.15, 0.2) is 66.9 Å². The highest BCUT2D eigenvalue weighted by Crippen LogP contribution is 2.25. The Morgan fingerprint density at radius 3 is 2.33 bits per heavy atom. The Kier molecular flexibility index (Phi) is 10.2. The molecule has 0 saturated carbocycles. The number of carbonyl (C=O) groups is 4. The highest BCUT2D eigenvalue weighted by molar-refractivity contribution is 5.99. The van der Waals surface area contributed by atoms with E-state index in [-0.39, 0.29) is 24.8 Å². The molecular formula is C32H39N5O5. The van der Waals surface area contributed by atoms with Gasteiger partial charge in [-0.15, -0.1) is 0 Å². The number of hydrogen-bond donors (Lipinski definition) is 2. The number of aromatic nitrogens is 2. The Bertz CT molecular complexity index is 1370. The van der Waals surface area contributed by atoms with E-state index in [0.29, 0.717) is 30.6 Å². The number of nitrogens with zero attached hydrogens (tertiary/aromatic N) is 3. The summed E-state index contributed by atoms with van der Waals surface area (Å²) in [4.78, 5) is 53.7. The first-order valence-corrected chi connectivity index (χ1v) is 14.4. The average Bonchev–Trinajstić information content (AvgIpc) is 3.61. The van der Waals surface area contributed by atoms with Crippen molar-refractivity contribution in [2.24, 2.45) is 5.92 Å². The number of aldehydes is 1. The number of ether oxygens (including phenoxy) is 1. The number of carbonyl (C=O) groups excluding carboxylic acids is 4. The first kappa shape index (κ1) is 30.6. The van der Waals surface area contributed by atoms with Crippen molar-refractivity contribution in [1.82, 2.24) is 25.3 Å². The van der Waals surface area contributed by atoms with Gasteiger partial charge in [-0.25, -0.2) is 4.68 Å². The van der Waals surface area contributed by atoms with E-state index in [4.69, 9.17) is 4.74 Å². The van der Waals surface area contributed by atoms with Crippen LogP contribution in [0.3, 0.4) is 0 Å². The van der Waals surface area contributed by atoms with Crippen molar-refractivity contribution < 1.29 is 23.9 Å². The van der Waals surface area contributed by atoms with Crippen LogP contribution in [0.4, 0.5) is 0 Å². The molecule has 2 aromatic carbocycles. The van der Waals surface area contributed by atoms with E-state index in [1.165, 1.54) is 11.1 Å². The van der Waals surface area contributed by atoms with Crippen LogP contribution in [0, 0.1) is 12.8 Å². The summed E-state index contributed by atoms with van der Waals surface area (Å²) < 4.78 is 7.79. The molecule has 1 aliphatic rings. The largest absolute Gasteiger partial charge is 0.372 e. The minimum Gasteiger partial charge on any atom is -0.372 e. The van der Waals surface area contributed by atoms with Crippen molar-refractivity contribution in [3.05, 3.63) is 83.7 Å². The Morgan fingerprint density at radius 2 is 1.71 bits per heavy atom. The molecule has 42 heavy (non-hydrogen) atoms. The molecule has 222 valence electrons. The van der Waals surface area contributed by atoms with Crippen molar-refractivity contribution >= 4 is 24.0 Å². The first-order valence-electron chi connectivity index (χ1n) is 14.4. The number of para-hydroxylation sites is 1. The summed E-state index contributed by atoms with van der Waals surface area (Å²) in [6, 6.07) is 16.7. The number of benzene rings is 2. The van der Waals surface area contributed by atoms with Crippen LogP contribution in [0.1, 0.15) is 55.2 Å². The molecule has 1 saturated heterocycles. The van der Waals surface area contributed by atoms with Gasteiger partial charge in [-0.2, -0.15) is 5.10 Å². The third-order valence-electron chi connectivity index (χ3n) is 7.58. The van der Waals surface area contributed by atoms with Crippen molar-refractivity contribution in [2.45, 2.75) is 71.4 Å². The van der Waals surface area contributed by atoms with Crippen LogP contribution in [-0.2, 0) is 25.7 Å². The second-order valence-electron chi connectivity index (χ2n) is 10.9. The van der Waals surface area contributed by atoms with Gasteiger partial charge in [0.2, 0.25) is 11.8 Å². The minimum absolute atomic E-state index is 0.186. The quantitative estimate of drug-likeness (QED) is 0.321. The van der Waals surface area contributed by atoms with Crippen LogP contribution in [0.2, 0.25) is 0 Å². The predicted octanol–water partition coefficient (Wildman–Crippen LogP) is 3.22. The Labute approximate surface area is 246 Å². The van der Waals surface area contributed by atoms with Gasteiger partial charge in [0.1, 0.15) is 18.4 Å². The van der Waals surface area contributed by atoms with Crippen molar-refractivity contribution in [3.8, 4) is 5.69 Å².